The lowest BCUT2D eigenvalue weighted by atomic mass is 10.1. The summed E-state index contributed by atoms with van der Waals surface area (Å²) < 4.78 is 0. The maximum absolute atomic E-state index is 13.0. The molecule has 4 N–H and O–H groups in total. The lowest BCUT2D eigenvalue weighted by molar-refractivity contribution is -0.141. The number of nitrogens with one attached hydrogen (secondary N) is 4. The highest BCUT2D eigenvalue weighted by molar-refractivity contribution is 6.00. The predicted molar refractivity (Wildman–Crippen MR) is 136 cm³/mol. The zero-order chi connectivity index (χ0) is 26.4. The largest absolute Gasteiger partial charge is 0.345 e. The van der Waals surface area contributed by atoms with Gasteiger partial charge in [-0.3, -0.25) is 24.0 Å². The van der Waals surface area contributed by atoms with Crippen molar-refractivity contribution < 1.29 is 24.0 Å². The smallest absolute Gasteiger partial charge is 0.246 e. The van der Waals surface area contributed by atoms with Gasteiger partial charge in [0, 0.05) is 19.2 Å². The van der Waals surface area contributed by atoms with E-state index in [2.05, 4.69) is 21.3 Å². The quantitative estimate of drug-likeness (QED) is 0.438. The molecule has 1 aliphatic rings. The third kappa shape index (κ3) is 6.59. The van der Waals surface area contributed by atoms with Gasteiger partial charge in [0.25, 0.3) is 0 Å². The average Bonchev–Trinajstić information content (AvgIpc) is 3.33. The predicted octanol–water partition coefficient (Wildman–Crippen LogP) is 1.30. The topological polar surface area (TPSA) is 137 Å². The zero-order valence-corrected chi connectivity index (χ0v) is 21.0. The van der Waals surface area contributed by atoms with Crippen molar-refractivity contribution >= 4 is 46.0 Å². The van der Waals surface area contributed by atoms with E-state index in [1.807, 2.05) is 36.4 Å². The van der Waals surface area contributed by atoms with E-state index in [4.69, 9.17) is 0 Å². The molecule has 0 saturated carbocycles. The molecule has 4 atom stereocenters. The number of fused-ring (bicyclic) bond motifs is 1. The zero-order valence-electron chi connectivity index (χ0n) is 21.0. The molecule has 0 aromatic heterocycles. The van der Waals surface area contributed by atoms with Crippen molar-refractivity contribution in [1.29, 1.82) is 0 Å². The molecule has 2 aromatic rings. The first-order valence-electron chi connectivity index (χ1n) is 12.0. The molecule has 3 rings (SSSR count). The minimum atomic E-state index is -0.879. The molecule has 0 radical (unpaired) electrons. The van der Waals surface area contributed by atoms with E-state index in [0.717, 1.165) is 10.8 Å². The summed E-state index contributed by atoms with van der Waals surface area (Å²) >= 11 is 0. The summed E-state index contributed by atoms with van der Waals surface area (Å²) in [4.78, 5) is 63.5. The molecule has 4 unspecified atom stereocenters. The average molecular weight is 496 g/mol. The van der Waals surface area contributed by atoms with Crippen LogP contribution in [0.3, 0.4) is 0 Å². The molecule has 1 fully saturated rings. The molecule has 10 nitrogen and oxygen atoms in total. The van der Waals surface area contributed by atoms with Crippen LogP contribution in [0, 0.1) is 0 Å². The van der Waals surface area contributed by atoms with Gasteiger partial charge in [-0.1, -0.05) is 30.3 Å². The van der Waals surface area contributed by atoms with Gasteiger partial charge in [0.05, 0.1) is 0 Å². The Bertz CT molecular complexity index is 1170. The van der Waals surface area contributed by atoms with E-state index in [-0.39, 0.29) is 11.8 Å². The van der Waals surface area contributed by atoms with E-state index in [1.165, 1.54) is 25.7 Å². The van der Waals surface area contributed by atoms with Crippen LogP contribution in [0.4, 0.5) is 5.69 Å². The lowest BCUT2D eigenvalue weighted by Crippen LogP contribution is -2.56. The van der Waals surface area contributed by atoms with Crippen molar-refractivity contribution in [2.24, 2.45) is 0 Å². The van der Waals surface area contributed by atoms with E-state index in [0.29, 0.717) is 25.1 Å². The van der Waals surface area contributed by atoms with E-state index in [1.54, 1.807) is 13.0 Å². The first kappa shape index (κ1) is 26.7. The van der Waals surface area contributed by atoms with Gasteiger partial charge in [0.1, 0.15) is 24.2 Å². The van der Waals surface area contributed by atoms with Crippen LogP contribution in [0.15, 0.2) is 42.5 Å². The number of rotatable bonds is 8. The molecule has 192 valence electrons. The summed E-state index contributed by atoms with van der Waals surface area (Å²) in [7, 11) is 0. The summed E-state index contributed by atoms with van der Waals surface area (Å²) in [6, 6.07) is 10.1. The first-order chi connectivity index (χ1) is 17.1. The number of carbonyl (C=O) groups is 5. The minimum absolute atomic E-state index is 0.355. The summed E-state index contributed by atoms with van der Waals surface area (Å²) in [6.07, 6.45) is 1.09. The SMILES string of the molecule is CC(=O)NC(C)C(=O)NC(C)C(=O)N1CCCC1C(=O)NC(C)C(=O)Nc1ccc2ccccc2c1. The fourth-order valence-corrected chi connectivity index (χ4v) is 4.22. The van der Waals surface area contributed by atoms with Gasteiger partial charge in [0.2, 0.25) is 29.5 Å². The Morgan fingerprint density at radius 1 is 0.833 bits per heavy atom. The third-order valence-electron chi connectivity index (χ3n) is 6.15. The van der Waals surface area contributed by atoms with Crippen molar-refractivity contribution in [3.8, 4) is 0 Å². The summed E-state index contributed by atoms with van der Waals surface area (Å²) in [5, 5.41) is 12.6. The Labute approximate surface area is 210 Å². The van der Waals surface area contributed by atoms with Gasteiger partial charge in [0.15, 0.2) is 0 Å². The number of anilines is 1. The monoisotopic (exact) mass is 495 g/mol. The van der Waals surface area contributed by atoms with Crippen LogP contribution < -0.4 is 21.3 Å². The summed E-state index contributed by atoms with van der Waals surface area (Å²) in [5.41, 5.74) is 0.621. The number of carbonyl (C=O) groups excluding carboxylic acids is 5. The molecule has 0 spiro atoms. The second-order valence-electron chi connectivity index (χ2n) is 9.12. The second kappa shape index (κ2) is 11.7. The maximum atomic E-state index is 13.0. The highest BCUT2D eigenvalue weighted by Crippen LogP contribution is 2.20. The van der Waals surface area contributed by atoms with E-state index >= 15 is 0 Å². The van der Waals surface area contributed by atoms with Crippen molar-refractivity contribution in [3.05, 3.63) is 42.5 Å². The Hall–Kier alpha value is -3.95. The molecule has 1 heterocycles. The molecular formula is C26H33N5O5. The summed E-state index contributed by atoms with van der Waals surface area (Å²) in [5.74, 6) is -2.05. The van der Waals surface area contributed by atoms with Crippen LogP contribution in [0.2, 0.25) is 0 Å². The van der Waals surface area contributed by atoms with E-state index < -0.39 is 41.9 Å². The fourth-order valence-electron chi connectivity index (χ4n) is 4.22. The molecule has 1 aliphatic heterocycles. The Kier molecular flexibility index (Phi) is 8.63. The van der Waals surface area contributed by atoms with Gasteiger partial charge in [-0.05, 0) is 56.5 Å². The number of nitrogens with zero attached hydrogens (tertiary/aromatic N) is 1. The molecule has 0 bridgehead atoms. The molecule has 36 heavy (non-hydrogen) atoms. The Balaban J connectivity index is 1.56. The molecular weight excluding hydrogens is 462 g/mol. The van der Waals surface area contributed by atoms with Gasteiger partial charge in [-0.25, -0.2) is 0 Å². The third-order valence-corrected chi connectivity index (χ3v) is 6.15. The van der Waals surface area contributed by atoms with Crippen LogP contribution in [-0.2, 0) is 24.0 Å². The standard InChI is InChI=1S/C26H33N5O5/c1-15(27-18(4)32)23(33)29-17(3)26(36)31-13-7-10-22(31)25(35)28-16(2)24(34)30-21-12-11-19-8-5-6-9-20(19)14-21/h5-6,8-9,11-12,14-17,22H,7,10,13H2,1-4H3,(H,27,32)(H,28,35)(H,29,33)(H,30,34). The van der Waals surface area contributed by atoms with Crippen molar-refractivity contribution in [2.45, 2.75) is 64.7 Å². The van der Waals surface area contributed by atoms with Crippen LogP contribution in [-0.4, -0.2) is 65.1 Å². The second-order valence-corrected chi connectivity index (χ2v) is 9.12. The van der Waals surface area contributed by atoms with E-state index in [9.17, 15) is 24.0 Å². The highest BCUT2D eigenvalue weighted by Gasteiger charge is 2.37. The molecule has 5 amide bonds. The van der Waals surface area contributed by atoms with Crippen LogP contribution >= 0.6 is 0 Å². The van der Waals surface area contributed by atoms with Crippen LogP contribution in [0.5, 0.6) is 0 Å². The van der Waals surface area contributed by atoms with Crippen LogP contribution in [0.25, 0.3) is 10.8 Å². The van der Waals surface area contributed by atoms with Crippen molar-refractivity contribution in [2.75, 3.05) is 11.9 Å². The van der Waals surface area contributed by atoms with Crippen LogP contribution in [0.1, 0.15) is 40.5 Å². The molecule has 2 aromatic carbocycles. The highest BCUT2D eigenvalue weighted by atomic mass is 16.2. The number of amides is 5. The lowest BCUT2D eigenvalue weighted by Gasteiger charge is -2.28. The van der Waals surface area contributed by atoms with Crippen molar-refractivity contribution in [1.82, 2.24) is 20.9 Å². The molecule has 0 aliphatic carbocycles. The number of likely N-dealkylation sites (tertiary alicyclic amines) is 1. The normalized spacial score (nSPS) is 17.6. The number of hydrogen-bond acceptors (Lipinski definition) is 5. The minimum Gasteiger partial charge on any atom is -0.345 e. The summed E-state index contributed by atoms with van der Waals surface area (Å²) in [6.45, 7) is 6.31. The Morgan fingerprint density at radius 3 is 2.19 bits per heavy atom. The molecule has 1 saturated heterocycles. The van der Waals surface area contributed by atoms with Gasteiger partial charge in [-0.15, -0.1) is 0 Å². The van der Waals surface area contributed by atoms with Crippen molar-refractivity contribution in [3.63, 3.8) is 0 Å². The van der Waals surface area contributed by atoms with Gasteiger partial charge < -0.3 is 26.2 Å². The number of benzene rings is 2. The van der Waals surface area contributed by atoms with Gasteiger partial charge in [-0.2, -0.15) is 0 Å². The van der Waals surface area contributed by atoms with Gasteiger partial charge >= 0.3 is 0 Å². The first-order valence-corrected chi connectivity index (χ1v) is 12.0. The Morgan fingerprint density at radius 2 is 1.50 bits per heavy atom. The molecule has 10 heteroatoms. The number of hydrogen-bond donors (Lipinski definition) is 4. The fraction of sp³-hybridized carbons (Fsp3) is 0.423. The maximum Gasteiger partial charge on any atom is 0.246 e.